The monoisotopic (exact) mass is 816 g/mol. The maximum atomic E-state index is 12.4. The number of hydrogen-bond donors (Lipinski definition) is 3. The van der Waals surface area contributed by atoms with Crippen molar-refractivity contribution in [2.45, 2.75) is 270 Å². The third kappa shape index (κ3) is 43.7. The van der Waals surface area contributed by atoms with E-state index in [0.29, 0.717) is 25.9 Å². The minimum Gasteiger partial charge on any atom is -0.466 e. The smallest absolute Gasteiger partial charge is 0.305 e. The van der Waals surface area contributed by atoms with E-state index in [9.17, 15) is 19.8 Å². The second-order valence-corrected chi connectivity index (χ2v) is 17.1. The molecule has 0 aromatic heterocycles. The van der Waals surface area contributed by atoms with E-state index in [0.717, 1.165) is 83.5 Å². The molecule has 0 bridgehead atoms. The van der Waals surface area contributed by atoms with Gasteiger partial charge in [-0.3, -0.25) is 9.59 Å². The van der Waals surface area contributed by atoms with Crippen LogP contribution in [0.3, 0.4) is 0 Å². The molecule has 340 valence electrons. The van der Waals surface area contributed by atoms with E-state index in [1.54, 1.807) is 0 Å². The first kappa shape index (κ1) is 56.1. The predicted molar refractivity (Wildman–Crippen MR) is 250 cm³/mol. The molecule has 58 heavy (non-hydrogen) atoms. The maximum Gasteiger partial charge on any atom is 0.305 e. The number of nitrogens with one attached hydrogen (secondary N) is 1. The van der Waals surface area contributed by atoms with E-state index in [2.05, 4.69) is 55.6 Å². The number of aliphatic hydroxyl groups is 2. The highest BCUT2D eigenvalue weighted by molar-refractivity contribution is 5.76. The molecule has 0 saturated heterocycles. The second kappa shape index (κ2) is 47.8. The molecule has 2 unspecified atom stereocenters. The topological polar surface area (TPSA) is 95.9 Å². The van der Waals surface area contributed by atoms with Gasteiger partial charge in [0, 0.05) is 12.8 Å². The summed E-state index contributed by atoms with van der Waals surface area (Å²) in [6, 6.07) is -0.552. The van der Waals surface area contributed by atoms with Gasteiger partial charge in [-0.05, 0) is 83.5 Å². The Labute approximate surface area is 360 Å². The van der Waals surface area contributed by atoms with Gasteiger partial charge in [0.05, 0.1) is 25.4 Å². The molecule has 6 nitrogen and oxygen atoms in total. The number of hydrogen-bond acceptors (Lipinski definition) is 5. The number of rotatable bonds is 46. The lowest BCUT2D eigenvalue weighted by Gasteiger charge is -2.22. The van der Waals surface area contributed by atoms with Gasteiger partial charge in [0.15, 0.2) is 0 Å². The molecular weight excluding hydrogens is 719 g/mol. The Morgan fingerprint density at radius 2 is 0.862 bits per heavy atom. The number of allylic oxidation sites excluding steroid dienone is 6. The zero-order chi connectivity index (χ0) is 42.3. The molecule has 0 heterocycles. The molecule has 0 aliphatic rings. The summed E-state index contributed by atoms with van der Waals surface area (Å²) < 4.78 is 5.44. The van der Waals surface area contributed by atoms with Crippen molar-refractivity contribution in [2.24, 2.45) is 0 Å². The molecule has 0 spiro atoms. The van der Waals surface area contributed by atoms with Crippen molar-refractivity contribution in [2.75, 3.05) is 13.2 Å². The summed E-state index contributed by atoms with van der Waals surface area (Å²) in [5, 5.41) is 23.1. The van der Waals surface area contributed by atoms with Gasteiger partial charge in [0.25, 0.3) is 0 Å². The second-order valence-electron chi connectivity index (χ2n) is 17.1. The van der Waals surface area contributed by atoms with Crippen molar-refractivity contribution in [3.63, 3.8) is 0 Å². The molecule has 3 N–H and O–H groups in total. The van der Waals surface area contributed by atoms with Gasteiger partial charge in [-0.25, -0.2) is 0 Å². The molecule has 0 aliphatic heterocycles. The lowest BCUT2D eigenvalue weighted by molar-refractivity contribution is -0.143. The Balaban J connectivity index is 3.48. The molecule has 6 heteroatoms. The summed E-state index contributed by atoms with van der Waals surface area (Å²) in [5.74, 6) is -0.0778. The molecule has 0 aliphatic carbocycles. The zero-order valence-electron chi connectivity index (χ0n) is 38.5. The van der Waals surface area contributed by atoms with Crippen LogP contribution in [-0.2, 0) is 14.3 Å². The summed E-state index contributed by atoms with van der Waals surface area (Å²) >= 11 is 0. The van der Waals surface area contributed by atoms with Crippen LogP contribution in [0.15, 0.2) is 36.5 Å². The van der Waals surface area contributed by atoms with Crippen LogP contribution in [0.25, 0.3) is 0 Å². The minimum absolute atomic E-state index is 0.0248. The van der Waals surface area contributed by atoms with Gasteiger partial charge in [-0.15, -0.1) is 0 Å². The standard InChI is InChI=1S/C52H97NO5/c1-3-5-7-9-11-13-15-16-18-22-26-30-34-38-42-46-52(57)58-47-43-39-35-31-27-23-20-17-19-21-25-29-33-37-41-45-51(56)53-49(48-54)50(55)44-40-36-32-28-24-14-12-10-8-6-4-2/h11,13,16,18,20,23,49-50,54-55H,3-10,12,14-15,17,19,21-22,24-48H2,1-2H3,(H,53,56)/b13-11-,18-16-,23-20-. The first-order valence-electron chi connectivity index (χ1n) is 25.2. The van der Waals surface area contributed by atoms with Gasteiger partial charge in [-0.2, -0.15) is 0 Å². The van der Waals surface area contributed by atoms with Crippen molar-refractivity contribution in [3.05, 3.63) is 36.5 Å². The first-order chi connectivity index (χ1) is 28.5. The average Bonchev–Trinajstić information content (AvgIpc) is 3.22. The van der Waals surface area contributed by atoms with E-state index in [1.807, 2.05) is 0 Å². The average molecular weight is 816 g/mol. The summed E-state index contributed by atoms with van der Waals surface area (Å²) in [6.45, 7) is 4.86. The summed E-state index contributed by atoms with van der Waals surface area (Å²) in [7, 11) is 0. The Hall–Kier alpha value is -1.92. The van der Waals surface area contributed by atoms with E-state index in [4.69, 9.17) is 4.74 Å². The van der Waals surface area contributed by atoms with Gasteiger partial charge in [0.2, 0.25) is 5.91 Å². The van der Waals surface area contributed by atoms with Gasteiger partial charge < -0.3 is 20.3 Å². The van der Waals surface area contributed by atoms with E-state index < -0.39 is 12.1 Å². The third-order valence-corrected chi connectivity index (χ3v) is 11.4. The predicted octanol–water partition coefficient (Wildman–Crippen LogP) is 14.9. The quantitative estimate of drug-likeness (QED) is 0.0323. The lowest BCUT2D eigenvalue weighted by atomic mass is 10.0. The number of aliphatic hydroxyl groups excluding tert-OH is 2. The molecular formula is C52H97NO5. The van der Waals surface area contributed by atoms with Crippen molar-refractivity contribution < 1.29 is 24.5 Å². The fraction of sp³-hybridized carbons (Fsp3) is 0.846. The molecule has 0 aromatic rings. The largest absolute Gasteiger partial charge is 0.466 e. The number of ether oxygens (including phenoxy) is 1. The molecule has 2 atom stereocenters. The van der Waals surface area contributed by atoms with Crippen LogP contribution in [0, 0.1) is 0 Å². The van der Waals surface area contributed by atoms with Gasteiger partial charge in [0.1, 0.15) is 0 Å². The van der Waals surface area contributed by atoms with Gasteiger partial charge >= 0.3 is 5.97 Å². The van der Waals surface area contributed by atoms with Crippen LogP contribution in [-0.4, -0.2) is 47.4 Å². The van der Waals surface area contributed by atoms with Crippen molar-refractivity contribution in [1.82, 2.24) is 5.32 Å². The molecule has 0 fully saturated rings. The number of carbonyl (C=O) groups is 2. The summed E-state index contributed by atoms with van der Waals surface area (Å²) in [5.41, 5.74) is 0. The molecule has 0 aromatic carbocycles. The Morgan fingerprint density at radius 3 is 1.36 bits per heavy atom. The maximum absolute atomic E-state index is 12.4. The number of esters is 1. The van der Waals surface area contributed by atoms with Gasteiger partial charge in [-0.1, -0.05) is 198 Å². The van der Waals surface area contributed by atoms with Crippen LogP contribution in [0.1, 0.15) is 258 Å². The fourth-order valence-electron chi connectivity index (χ4n) is 7.49. The van der Waals surface area contributed by atoms with Crippen molar-refractivity contribution in [1.29, 1.82) is 0 Å². The van der Waals surface area contributed by atoms with Crippen LogP contribution in [0.5, 0.6) is 0 Å². The minimum atomic E-state index is -0.673. The highest BCUT2D eigenvalue weighted by atomic mass is 16.5. The summed E-state index contributed by atoms with van der Waals surface area (Å²) in [6.07, 6.45) is 56.8. The lowest BCUT2D eigenvalue weighted by Crippen LogP contribution is -2.45. The van der Waals surface area contributed by atoms with E-state index >= 15 is 0 Å². The zero-order valence-corrected chi connectivity index (χ0v) is 38.5. The van der Waals surface area contributed by atoms with E-state index in [-0.39, 0.29) is 18.5 Å². The van der Waals surface area contributed by atoms with Crippen LogP contribution < -0.4 is 5.32 Å². The highest BCUT2D eigenvalue weighted by Crippen LogP contribution is 2.15. The van der Waals surface area contributed by atoms with Crippen molar-refractivity contribution >= 4 is 11.9 Å². The van der Waals surface area contributed by atoms with Crippen LogP contribution in [0.4, 0.5) is 0 Å². The molecule has 1 amide bonds. The molecule has 0 rings (SSSR count). The fourth-order valence-corrected chi connectivity index (χ4v) is 7.49. The van der Waals surface area contributed by atoms with Crippen molar-refractivity contribution in [3.8, 4) is 0 Å². The number of carbonyl (C=O) groups excluding carboxylic acids is 2. The van der Waals surface area contributed by atoms with Crippen LogP contribution in [0.2, 0.25) is 0 Å². The Kier molecular flexibility index (Phi) is 46.2. The molecule has 0 radical (unpaired) electrons. The highest BCUT2D eigenvalue weighted by Gasteiger charge is 2.20. The molecule has 0 saturated carbocycles. The van der Waals surface area contributed by atoms with E-state index in [1.165, 1.54) is 141 Å². The Bertz CT molecular complexity index is 946. The Morgan fingerprint density at radius 1 is 0.483 bits per heavy atom. The first-order valence-corrected chi connectivity index (χ1v) is 25.2. The summed E-state index contributed by atoms with van der Waals surface area (Å²) in [4.78, 5) is 24.4. The SMILES string of the molecule is CCCCC/C=C\C/C=C\CCCCCCCC(=O)OCCCCCC/C=C\CCCCCCCCCC(=O)NC(CO)C(O)CCCCCCCCCCCCC. The number of amides is 1. The van der Waals surface area contributed by atoms with Crippen LogP contribution >= 0.6 is 0 Å². The normalized spacial score (nSPS) is 13.0. The number of unbranched alkanes of at least 4 members (excludes halogenated alkanes) is 29. The third-order valence-electron chi connectivity index (χ3n) is 11.4.